The Morgan fingerprint density at radius 1 is 0.870 bits per heavy atom. The summed E-state index contributed by atoms with van der Waals surface area (Å²) in [5.74, 6) is 0. The molecule has 0 saturated heterocycles. The monoisotopic (exact) mass is 367 g/mol. The fraction of sp³-hybridized carbons (Fsp3) is 0.190. The van der Waals surface area contributed by atoms with E-state index in [1.807, 2.05) is 0 Å². The van der Waals surface area contributed by atoms with Gasteiger partial charge in [0.1, 0.15) is 6.54 Å². The van der Waals surface area contributed by atoms with Crippen LogP contribution in [0.15, 0.2) is 67.0 Å². The van der Waals surface area contributed by atoms with Crippen molar-refractivity contribution < 1.29 is 21.5 Å². The molecule has 1 heterocycles. The summed E-state index contributed by atoms with van der Waals surface area (Å²) in [7, 11) is 0. The van der Waals surface area contributed by atoms with Gasteiger partial charge in [-0.25, -0.2) is 4.57 Å². The molecule has 0 unspecified atom stereocenters. The second kappa shape index (κ2) is 8.64. The van der Waals surface area contributed by atoms with E-state index in [0.717, 1.165) is 6.54 Å². The number of hydrogen-bond acceptors (Lipinski definition) is 0. The van der Waals surface area contributed by atoms with Crippen LogP contribution in [0, 0.1) is 0 Å². The molecule has 0 saturated carbocycles. The molecule has 0 spiro atoms. The molecule has 1 nitrogen and oxygen atoms in total. The number of nitrogens with zero attached hydrogens (tertiary/aromatic N) is 1. The van der Waals surface area contributed by atoms with Gasteiger partial charge in [0, 0.05) is 18.6 Å². The Morgan fingerprint density at radius 2 is 1.61 bits per heavy atom. The van der Waals surface area contributed by atoms with Gasteiger partial charge in [-0.1, -0.05) is 68.0 Å². The van der Waals surface area contributed by atoms with E-state index in [1.165, 1.54) is 34.7 Å². The Labute approximate surface area is 149 Å². The van der Waals surface area contributed by atoms with E-state index in [1.54, 1.807) is 0 Å². The van der Waals surface area contributed by atoms with Crippen LogP contribution in [0.4, 0.5) is 0 Å². The number of rotatable bonds is 5. The summed E-state index contributed by atoms with van der Waals surface area (Å²) < 4.78 is 2.25. The van der Waals surface area contributed by atoms with Crippen LogP contribution >= 0.6 is 0 Å². The molecule has 3 rings (SSSR count). The molecule has 0 aliphatic heterocycles. The summed E-state index contributed by atoms with van der Waals surface area (Å²) in [6, 6.07) is 19.3. The number of benzene rings is 2. The van der Waals surface area contributed by atoms with Gasteiger partial charge in [0.25, 0.3) is 0 Å². The third kappa shape index (κ3) is 4.52. The molecular formula is C21H22BrN. The molecule has 0 bridgehead atoms. The third-order valence-electron chi connectivity index (χ3n) is 3.97. The lowest BCUT2D eigenvalue weighted by Crippen LogP contribution is -3.00. The first-order chi connectivity index (χ1) is 10.9. The van der Waals surface area contributed by atoms with Crippen molar-refractivity contribution in [1.29, 1.82) is 0 Å². The maximum absolute atomic E-state index is 2.25. The van der Waals surface area contributed by atoms with Gasteiger partial charge in [0.05, 0.1) is 0 Å². The lowest BCUT2D eigenvalue weighted by atomic mass is 10.0. The van der Waals surface area contributed by atoms with Gasteiger partial charge in [0.2, 0.25) is 0 Å². The Balaban J connectivity index is 0.00000192. The zero-order valence-corrected chi connectivity index (χ0v) is 15.0. The quantitative estimate of drug-likeness (QED) is 0.608. The van der Waals surface area contributed by atoms with Crippen LogP contribution in [0.5, 0.6) is 0 Å². The fourth-order valence-corrected chi connectivity index (χ4v) is 2.65. The molecule has 0 atom stereocenters. The van der Waals surface area contributed by atoms with Crippen molar-refractivity contribution in [3.8, 4) is 0 Å². The molecule has 0 fully saturated rings. The Bertz CT molecular complexity index is 770. The molecule has 0 amide bonds. The van der Waals surface area contributed by atoms with Crippen LogP contribution in [0.3, 0.4) is 0 Å². The van der Waals surface area contributed by atoms with E-state index in [-0.39, 0.29) is 17.0 Å². The molecule has 0 N–H and O–H groups in total. The molecule has 0 radical (unpaired) electrons. The molecule has 2 aromatic carbocycles. The average Bonchev–Trinajstić information content (AvgIpc) is 2.59. The second-order valence-corrected chi connectivity index (χ2v) is 5.62. The summed E-state index contributed by atoms with van der Waals surface area (Å²) in [5, 5.41) is 2.59. The maximum Gasteiger partial charge on any atom is 0.169 e. The normalized spacial score (nSPS) is 10.8. The van der Waals surface area contributed by atoms with Gasteiger partial charge in [-0.05, 0) is 21.9 Å². The molecule has 118 valence electrons. The van der Waals surface area contributed by atoms with E-state index in [4.69, 9.17) is 0 Å². The molecule has 1 aromatic heterocycles. The summed E-state index contributed by atoms with van der Waals surface area (Å²) in [4.78, 5) is 0. The minimum atomic E-state index is 0. The van der Waals surface area contributed by atoms with Crippen molar-refractivity contribution in [2.75, 3.05) is 0 Å². The first-order valence-corrected chi connectivity index (χ1v) is 8.02. The van der Waals surface area contributed by atoms with Crippen molar-refractivity contribution >= 4 is 22.9 Å². The summed E-state index contributed by atoms with van der Waals surface area (Å²) >= 11 is 0. The first-order valence-electron chi connectivity index (χ1n) is 8.02. The van der Waals surface area contributed by atoms with E-state index < -0.39 is 0 Å². The standard InChI is InChI=1S/C21H22N.BrH/c1-2-3-15-22-16-13-18(14-17-22)11-12-20-9-6-8-19-7-4-5-10-21(19)20;/h4-14,16-17H,2-3,15H2,1H3;1H/q+1;/p-1/b12-11+;. The number of aromatic nitrogens is 1. The van der Waals surface area contributed by atoms with Crippen molar-refractivity contribution in [3.63, 3.8) is 0 Å². The minimum absolute atomic E-state index is 0. The SMILES string of the molecule is CCCC[n+]1ccc(/C=C/c2cccc3ccccc23)cc1.[Br-]. The summed E-state index contributed by atoms with van der Waals surface area (Å²) in [6.45, 7) is 3.33. The third-order valence-corrected chi connectivity index (χ3v) is 3.97. The highest BCUT2D eigenvalue weighted by Gasteiger charge is 1.99. The van der Waals surface area contributed by atoms with Gasteiger partial charge >= 0.3 is 0 Å². The molecule has 2 heteroatoms. The number of halogens is 1. The molecule has 0 aliphatic carbocycles. The number of hydrogen-bond donors (Lipinski definition) is 0. The van der Waals surface area contributed by atoms with Gasteiger partial charge in [-0.15, -0.1) is 0 Å². The molecule has 3 aromatic rings. The molecular weight excluding hydrogens is 346 g/mol. The lowest BCUT2D eigenvalue weighted by molar-refractivity contribution is -0.697. The predicted molar refractivity (Wildman–Crippen MR) is 94.4 cm³/mol. The highest BCUT2D eigenvalue weighted by molar-refractivity contribution is 5.92. The molecule has 0 aliphatic rings. The highest BCUT2D eigenvalue weighted by atomic mass is 79.9. The number of aryl methyl sites for hydroxylation is 1. The van der Waals surface area contributed by atoms with Crippen LogP contribution in [-0.4, -0.2) is 0 Å². The number of pyridine rings is 1. The Morgan fingerprint density at radius 3 is 2.39 bits per heavy atom. The number of unbranched alkanes of at least 4 members (excludes halogenated alkanes) is 1. The van der Waals surface area contributed by atoms with E-state index in [9.17, 15) is 0 Å². The maximum atomic E-state index is 2.25. The largest absolute Gasteiger partial charge is 1.00 e. The lowest BCUT2D eigenvalue weighted by Gasteiger charge is -2.01. The smallest absolute Gasteiger partial charge is 0.169 e. The Kier molecular flexibility index (Phi) is 6.54. The fourth-order valence-electron chi connectivity index (χ4n) is 2.65. The van der Waals surface area contributed by atoms with Crippen LogP contribution in [0.1, 0.15) is 30.9 Å². The first kappa shape index (κ1) is 17.4. The van der Waals surface area contributed by atoms with Crippen molar-refractivity contribution in [1.82, 2.24) is 0 Å². The highest BCUT2D eigenvalue weighted by Crippen LogP contribution is 2.20. The zero-order valence-electron chi connectivity index (χ0n) is 13.5. The predicted octanol–water partition coefficient (Wildman–Crippen LogP) is 2.10. The van der Waals surface area contributed by atoms with E-state index in [2.05, 4.69) is 90.6 Å². The van der Waals surface area contributed by atoms with Crippen LogP contribution in [-0.2, 0) is 6.54 Å². The minimum Gasteiger partial charge on any atom is -1.00 e. The molecule has 23 heavy (non-hydrogen) atoms. The van der Waals surface area contributed by atoms with Crippen molar-refractivity contribution in [2.24, 2.45) is 0 Å². The van der Waals surface area contributed by atoms with Crippen molar-refractivity contribution in [3.05, 3.63) is 78.1 Å². The second-order valence-electron chi connectivity index (χ2n) is 5.62. The van der Waals surface area contributed by atoms with Crippen LogP contribution in [0.2, 0.25) is 0 Å². The van der Waals surface area contributed by atoms with Gasteiger partial charge in [-0.3, -0.25) is 0 Å². The van der Waals surface area contributed by atoms with Gasteiger partial charge < -0.3 is 17.0 Å². The van der Waals surface area contributed by atoms with E-state index in [0.29, 0.717) is 0 Å². The Hall–Kier alpha value is -1.93. The van der Waals surface area contributed by atoms with Crippen LogP contribution < -0.4 is 21.5 Å². The summed E-state index contributed by atoms with van der Waals surface area (Å²) in [6.07, 6.45) is 11.2. The number of fused-ring (bicyclic) bond motifs is 1. The van der Waals surface area contributed by atoms with Gasteiger partial charge in [0.15, 0.2) is 12.4 Å². The summed E-state index contributed by atoms with van der Waals surface area (Å²) in [5.41, 5.74) is 2.50. The zero-order chi connectivity index (χ0) is 15.2. The van der Waals surface area contributed by atoms with Crippen molar-refractivity contribution in [2.45, 2.75) is 26.3 Å². The van der Waals surface area contributed by atoms with Crippen LogP contribution in [0.25, 0.3) is 22.9 Å². The average molecular weight is 368 g/mol. The topological polar surface area (TPSA) is 3.88 Å². The van der Waals surface area contributed by atoms with Gasteiger partial charge in [-0.2, -0.15) is 0 Å². The van der Waals surface area contributed by atoms with E-state index >= 15 is 0 Å².